The van der Waals surface area contributed by atoms with E-state index >= 15 is 0 Å². The molecule has 3 N–H and O–H groups in total. The summed E-state index contributed by atoms with van der Waals surface area (Å²) in [5.74, 6) is 2.31. The molecule has 0 radical (unpaired) electrons. The van der Waals surface area contributed by atoms with Crippen LogP contribution in [0.5, 0.6) is 11.5 Å². The highest BCUT2D eigenvalue weighted by Gasteiger charge is 2.25. The number of nitrogens with two attached hydrogens (primary N) is 1. The molecule has 1 fully saturated rings. The summed E-state index contributed by atoms with van der Waals surface area (Å²) in [5, 5.41) is 10.7. The highest BCUT2D eigenvalue weighted by molar-refractivity contribution is 5.43. The molecule has 0 amide bonds. The molecule has 3 atom stereocenters. The average molecular weight is 439 g/mol. The van der Waals surface area contributed by atoms with Crippen LogP contribution in [0.3, 0.4) is 0 Å². The van der Waals surface area contributed by atoms with E-state index in [4.69, 9.17) is 24.7 Å². The van der Waals surface area contributed by atoms with Crippen LogP contribution in [0.4, 0.5) is 0 Å². The molecule has 1 aliphatic rings. The zero-order valence-corrected chi connectivity index (χ0v) is 19.7. The first-order valence-electron chi connectivity index (χ1n) is 11.5. The molecule has 1 heterocycles. The Labute approximate surface area is 187 Å². The molecule has 7 heteroatoms. The molecule has 31 heavy (non-hydrogen) atoms. The van der Waals surface area contributed by atoms with Crippen molar-refractivity contribution in [1.29, 1.82) is 0 Å². The van der Waals surface area contributed by atoms with Crippen LogP contribution >= 0.6 is 0 Å². The standard InChI is InChI=1S/C24H42N2O5/c1-18(2)20(16-21(25)22(27)17-26-8-12-30-13-9-26)14-19-6-7-23(29-4)24(15-19)31-11-5-10-28-3/h6-7,15,18,20-22,27H,5,8-14,16-17,25H2,1-4H3/t20-,21-,22-/m0/s1. The average Bonchev–Trinajstić information content (AvgIpc) is 2.77. The summed E-state index contributed by atoms with van der Waals surface area (Å²) >= 11 is 0. The van der Waals surface area contributed by atoms with Crippen molar-refractivity contribution < 1.29 is 24.1 Å². The number of nitrogens with zero attached hydrogens (tertiary/aromatic N) is 1. The van der Waals surface area contributed by atoms with E-state index in [2.05, 4.69) is 30.9 Å². The molecular formula is C24H42N2O5. The van der Waals surface area contributed by atoms with Gasteiger partial charge in [-0.25, -0.2) is 0 Å². The summed E-state index contributed by atoms with van der Waals surface area (Å²) in [6.45, 7) is 9.47. The third-order valence-electron chi connectivity index (χ3n) is 6.04. The first-order valence-corrected chi connectivity index (χ1v) is 11.5. The zero-order chi connectivity index (χ0) is 22.6. The summed E-state index contributed by atoms with van der Waals surface area (Å²) in [5.41, 5.74) is 7.62. The van der Waals surface area contributed by atoms with Gasteiger partial charge in [0.15, 0.2) is 11.5 Å². The Bertz CT molecular complexity index is 622. The number of ether oxygens (including phenoxy) is 4. The van der Waals surface area contributed by atoms with Crippen molar-refractivity contribution in [3.05, 3.63) is 23.8 Å². The molecule has 0 spiro atoms. The van der Waals surface area contributed by atoms with Gasteiger partial charge in [-0.3, -0.25) is 4.90 Å². The quantitative estimate of drug-likeness (QED) is 0.431. The highest BCUT2D eigenvalue weighted by atomic mass is 16.5. The molecule has 2 rings (SSSR count). The minimum atomic E-state index is -0.533. The van der Waals surface area contributed by atoms with Crippen LogP contribution in [0.2, 0.25) is 0 Å². The third kappa shape index (κ3) is 8.94. The van der Waals surface area contributed by atoms with Crippen LogP contribution in [0.25, 0.3) is 0 Å². The fraction of sp³-hybridized carbons (Fsp3) is 0.750. The zero-order valence-electron chi connectivity index (χ0n) is 19.7. The lowest BCUT2D eigenvalue weighted by Gasteiger charge is -2.32. The Kier molecular flexibility index (Phi) is 11.6. The minimum Gasteiger partial charge on any atom is -0.493 e. The van der Waals surface area contributed by atoms with Crippen LogP contribution in [0.1, 0.15) is 32.3 Å². The predicted molar refractivity (Wildman–Crippen MR) is 123 cm³/mol. The van der Waals surface area contributed by atoms with Gasteiger partial charge in [0.25, 0.3) is 0 Å². The van der Waals surface area contributed by atoms with Crippen molar-refractivity contribution in [2.75, 3.05) is 60.3 Å². The molecule has 1 aromatic carbocycles. The lowest BCUT2D eigenvalue weighted by molar-refractivity contribution is 0.00726. The molecule has 0 unspecified atom stereocenters. The van der Waals surface area contributed by atoms with Crippen molar-refractivity contribution in [2.45, 2.75) is 45.3 Å². The second-order valence-corrected chi connectivity index (χ2v) is 8.77. The first-order chi connectivity index (χ1) is 14.9. The van der Waals surface area contributed by atoms with E-state index in [1.54, 1.807) is 14.2 Å². The Balaban J connectivity index is 1.96. The highest BCUT2D eigenvalue weighted by Crippen LogP contribution is 2.31. The number of rotatable bonds is 14. The Morgan fingerprint density at radius 3 is 2.52 bits per heavy atom. The first kappa shape index (κ1) is 25.9. The number of β-amino-alcohol motifs (C(OH)–C–C–N with tert-alkyl or cyclic N) is 1. The third-order valence-corrected chi connectivity index (χ3v) is 6.04. The van der Waals surface area contributed by atoms with Crippen molar-refractivity contribution in [2.24, 2.45) is 17.6 Å². The maximum Gasteiger partial charge on any atom is 0.161 e. The SMILES string of the molecule is COCCCOc1cc(C[C@@H](C[C@H](N)[C@@H](O)CN2CCOCC2)C(C)C)ccc1OC. The van der Waals surface area contributed by atoms with Gasteiger partial charge in [-0.05, 0) is 42.4 Å². The largest absolute Gasteiger partial charge is 0.493 e. The summed E-state index contributed by atoms with van der Waals surface area (Å²) in [7, 11) is 3.35. The molecule has 178 valence electrons. The molecule has 1 saturated heterocycles. The van der Waals surface area contributed by atoms with E-state index in [-0.39, 0.29) is 6.04 Å². The van der Waals surface area contributed by atoms with E-state index in [0.29, 0.717) is 31.6 Å². The van der Waals surface area contributed by atoms with Crippen molar-refractivity contribution in [3.8, 4) is 11.5 Å². The van der Waals surface area contributed by atoms with Crippen molar-refractivity contribution >= 4 is 0 Å². The molecular weight excluding hydrogens is 396 g/mol. The fourth-order valence-electron chi connectivity index (χ4n) is 3.93. The van der Waals surface area contributed by atoms with E-state index in [9.17, 15) is 5.11 Å². The summed E-state index contributed by atoms with van der Waals surface area (Å²) in [6.07, 6.45) is 1.96. The normalized spacial score (nSPS) is 18.0. The van der Waals surface area contributed by atoms with Crippen LogP contribution < -0.4 is 15.2 Å². The van der Waals surface area contributed by atoms with Gasteiger partial charge in [0.2, 0.25) is 0 Å². The topological polar surface area (TPSA) is 86.4 Å². The molecule has 0 bridgehead atoms. The number of morpholine rings is 1. The van der Waals surface area contributed by atoms with Gasteiger partial charge in [0.05, 0.1) is 33.0 Å². The second kappa shape index (κ2) is 13.9. The molecule has 0 saturated carbocycles. The van der Waals surface area contributed by atoms with Gasteiger partial charge in [-0.1, -0.05) is 19.9 Å². The van der Waals surface area contributed by atoms with Gasteiger partial charge < -0.3 is 29.8 Å². The molecule has 0 aromatic heterocycles. The Morgan fingerprint density at radius 2 is 1.87 bits per heavy atom. The van der Waals surface area contributed by atoms with E-state index in [0.717, 1.165) is 57.1 Å². The van der Waals surface area contributed by atoms with E-state index in [1.165, 1.54) is 5.56 Å². The monoisotopic (exact) mass is 438 g/mol. The molecule has 1 aliphatic heterocycles. The van der Waals surface area contributed by atoms with Gasteiger partial charge in [0.1, 0.15) is 0 Å². The molecule has 1 aromatic rings. The second-order valence-electron chi connectivity index (χ2n) is 8.77. The molecule has 7 nitrogen and oxygen atoms in total. The minimum absolute atomic E-state index is 0.252. The maximum atomic E-state index is 10.7. The number of methoxy groups -OCH3 is 2. The van der Waals surface area contributed by atoms with Gasteiger partial charge >= 0.3 is 0 Å². The number of aliphatic hydroxyl groups is 1. The summed E-state index contributed by atoms with van der Waals surface area (Å²) < 4.78 is 21.9. The number of benzene rings is 1. The van der Waals surface area contributed by atoms with Crippen LogP contribution in [-0.2, 0) is 15.9 Å². The number of hydrogen-bond donors (Lipinski definition) is 2. The van der Waals surface area contributed by atoms with Gasteiger partial charge in [0, 0.05) is 45.8 Å². The van der Waals surface area contributed by atoms with Crippen LogP contribution in [0, 0.1) is 11.8 Å². The summed E-state index contributed by atoms with van der Waals surface area (Å²) in [6, 6.07) is 5.87. The predicted octanol–water partition coefficient (Wildman–Crippen LogP) is 2.34. The number of aliphatic hydroxyl groups excluding tert-OH is 1. The Morgan fingerprint density at radius 1 is 1.13 bits per heavy atom. The fourth-order valence-corrected chi connectivity index (χ4v) is 3.93. The van der Waals surface area contributed by atoms with E-state index in [1.807, 2.05) is 6.07 Å². The van der Waals surface area contributed by atoms with Crippen LogP contribution in [-0.4, -0.2) is 82.4 Å². The van der Waals surface area contributed by atoms with Crippen molar-refractivity contribution in [3.63, 3.8) is 0 Å². The molecule has 0 aliphatic carbocycles. The van der Waals surface area contributed by atoms with Gasteiger partial charge in [-0.2, -0.15) is 0 Å². The van der Waals surface area contributed by atoms with E-state index < -0.39 is 6.10 Å². The smallest absolute Gasteiger partial charge is 0.161 e. The Hall–Kier alpha value is -1.38. The maximum absolute atomic E-state index is 10.7. The lowest BCUT2D eigenvalue weighted by atomic mass is 9.83. The summed E-state index contributed by atoms with van der Waals surface area (Å²) in [4.78, 5) is 2.23. The van der Waals surface area contributed by atoms with Gasteiger partial charge in [-0.15, -0.1) is 0 Å². The lowest BCUT2D eigenvalue weighted by Crippen LogP contribution is -2.48. The van der Waals surface area contributed by atoms with Crippen molar-refractivity contribution in [1.82, 2.24) is 4.90 Å². The number of hydrogen-bond acceptors (Lipinski definition) is 7. The van der Waals surface area contributed by atoms with Crippen LogP contribution in [0.15, 0.2) is 18.2 Å².